The van der Waals surface area contributed by atoms with E-state index in [0.29, 0.717) is 50.4 Å². The Balaban J connectivity index is 1.41. The van der Waals surface area contributed by atoms with E-state index in [2.05, 4.69) is 10.1 Å². The molecule has 1 aliphatic rings. The molecule has 2 amide bonds. The van der Waals surface area contributed by atoms with Gasteiger partial charge in [-0.15, -0.1) is 0 Å². The van der Waals surface area contributed by atoms with E-state index < -0.39 is 6.04 Å². The van der Waals surface area contributed by atoms with Crippen molar-refractivity contribution in [3.8, 4) is 27.3 Å². The smallest absolute Gasteiger partial charge is 0.279 e. The van der Waals surface area contributed by atoms with E-state index in [-0.39, 0.29) is 17.9 Å². The second-order valence-corrected chi connectivity index (χ2v) is 9.65. The summed E-state index contributed by atoms with van der Waals surface area (Å²) in [6, 6.07) is 13.6. The molecule has 5 rings (SSSR count). The van der Waals surface area contributed by atoms with Crippen LogP contribution < -0.4 is 9.47 Å². The van der Waals surface area contributed by atoms with Gasteiger partial charge in [0.2, 0.25) is 0 Å². The van der Waals surface area contributed by atoms with Crippen molar-refractivity contribution in [1.29, 1.82) is 0 Å². The van der Waals surface area contributed by atoms with Crippen molar-refractivity contribution in [2.24, 2.45) is 0 Å². The first-order valence-corrected chi connectivity index (χ1v) is 12.5. The molecule has 1 aliphatic heterocycles. The van der Waals surface area contributed by atoms with E-state index in [1.165, 1.54) is 16.2 Å². The summed E-state index contributed by atoms with van der Waals surface area (Å²) in [4.78, 5) is 32.6. The first kappa shape index (κ1) is 23.7. The fraction of sp³-hybridized carbons (Fsp3) is 0.259. The van der Waals surface area contributed by atoms with Gasteiger partial charge in [0.15, 0.2) is 0 Å². The highest BCUT2D eigenvalue weighted by Crippen LogP contribution is 2.41. The third-order valence-electron chi connectivity index (χ3n) is 5.87. The minimum atomic E-state index is -0.575. The van der Waals surface area contributed by atoms with Gasteiger partial charge in [-0.25, -0.2) is 4.98 Å². The van der Waals surface area contributed by atoms with Gasteiger partial charge in [0.05, 0.1) is 34.3 Å². The third kappa shape index (κ3) is 4.26. The van der Waals surface area contributed by atoms with Gasteiger partial charge in [0, 0.05) is 12.0 Å². The number of carbonyl (C=O) groups is 2. The van der Waals surface area contributed by atoms with Gasteiger partial charge >= 0.3 is 0 Å². The predicted molar refractivity (Wildman–Crippen MR) is 135 cm³/mol. The zero-order valence-corrected chi connectivity index (χ0v) is 21.2. The molecule has 2 aromatic heterocycles. The number of carbonyl (C=O) groups excluding carboxylic acids is 2. The summed E-state index contributed by atoms with van der Waals surface area (Å²) in [5.74, 6) is 1.36. The van der Waals surface area contributed by atoms with Crippen LogP contribution in [0.2, 0.25) is 0 Å². The molecule has 0 saturated carbocycles. The fourth-order valence-corrected chi connectivity index (χ4v) is 5.04. The van der Waals surface area contributed by atoms with E-state index in [4.69, 9.17) is 14.0 Å². The lowest BCUT2D eigenvalue weighted by atomic mass is 10.0. The number of fused-ring (bicyclic) bond motifs is 1. The Morgan fingerprint density at radius 3 is 2.22 bits per heavy atom. The number of nitrogens with zero attached hydrogens (tertiary/aromatic N) is 3. The molecule has 36 heavy (non-hydrogen) atoms. The first-order valence-electron chi connectivity index (χ1n) is 11.7. The van der Waals surface area contributed by atoms with Crippen LogP contribution in [-0.2, 0) is 6.42 Å². The highest BCUT2D eigenvalue weighted by atomic mass is 32.1. The molecule has 2 aromatic carbocycles. The number of hydrogen-bond acceptors (Lipinski definition) is 8. The van der Waals surface area contributed by atoms with Gasteiger partial charge in [-0.3, -0.25) is 14.5 Å². The minimum Gasteiger partial charge on any atom is -0.491 e. The number of rotatable bonds is 8. The molecule has 8 nitrogen and oxygen atoms in total. The normalized spacial score (nSPS) is 13.9. The second-order valence-electron chi connectivity index (χ2n) is 8.65. The Labute approximate surface area is 212 Å². The number of hydrogen-bond donors (Lipinski definition) is 0. The van der Waals surface area contributed by atoms with Crippen molar-refractivity contribution < 1.29 is 23.6 Å². The summed E-state index contributed by atoms with van der Waals surface area (Å²) < 4.78 is 17.2. The molecule has 1 unspecified atom stereocenters. The van der Waals surface area contributed by atoms with Crippen molar-refractivity contribution in [1.82, 2.24) is 15.0 Å². The van der Waals surface area contributed by atoms with Crippen molar-refractivity contribution >= 4 is 23.2 Å². The molecule has 0 spiro atoms. The molecule has 0 N–H and O–H groups in total. The monoisotopic (exact) mass is 503 g/mol. The van der Waals surface area contributed by atoms with Crippen LogP contribution in [-0.4, -0.2) is 33.0 Å². The van der Waals surface area contributed by atoms with Crippen LogP contribution in [0.5, 0.6) is 16.7 Å². The Kier molecular flexibility index (Phi) is 6.32. The maximum Gasteiger partial charge on any atom is 0.279 e. The Morgan fingerprint density at radius 2 is 1.61 bits per heavy atom. The summed E-state index contributed by atoms with van der Waals surface area (Å²) in [7, 11) is 0. The van der Waals surface area contributed by atoms with Crippen LogP contribution >= 0.6 is 11.3 Å². The quantitative estimate of drug-likeness (QED) is 0.261. The third-order valence-corrected chi connectivity index (χ3v) is 6.75. The van der Waals surface area contributed by atoms with Gasteiger partial charge in [-0.2, -0.15) is 0 Å². The van der Waals surface area contributed by atoms with Crippen LogP contribution in [0.1, 0.15) is 65.8 Å². The van der Waals surface area contributed by atoms with Crippen molar-refractivity contribution in [3.05, 3.63) is 77.2 Å². The molecule has 0 saturated heterocycles. The molecule has 0 fully saturated rings. The molecule has 184 valence electrons. The highest BCUT2D eigenvalue weighted by molar-refractivity contribution is 7.16. The summed E-state index contributed by atoms with van der Waals surface area (Å²) >= 11 is 1.31. The Bertz CT molecular complexity index is 1390. The zero-order valence-electron chi connectivity index (χ0n) is 20.3. The summed E-state index contributed by atoms with van der Waals surface area (Å²) in [6.45, 7) is 7.70. The minimum absolute atomic E-state index is 0.0886. The van der Waals surface area contributed by atoms with Crippen molar-refractivity contribution in [2.45, 2.75) is 46.3 Å². The van der Waals surface area contributed by atoms with Gasteiger partial charge in [-0.05, 0) is 57.2 Å². The fourth-order valence-electron chi connectivity index (χ4n) is 4.26. The lowest BCUT2D eigenvalue weighted by Crippen LogP contribution is -2.33. The van der Waals surface area contributed by atoms with E-state index >= 15 is 0 Å². The van der Waals surface area contributed by atoms with Gasteiger partial charge < -0.3 is 14.0 Å². The van der Waals surface area contributed by atoms with Crippen molar-refractivity contribution in [3.63, 3.8) is 0 Å². The largest absolute Gasteiger partial charge is 0.491 e. The topological polar surface area (TPSA) is 94.8 Å². The number of amides is 2. The average Bonchev–Trinajstić information content (AvgIpc) is 3.57. The molecule has 1 atom stereocenters. The lowest BCUT2D eigenvalue weighted by molar-refractivity contribution is 0.0594. The summed E-state index contributed by atoms with van der Waals surface area (Å²) in [5.41, 5.74) is 2.05. The SMILES string of the molecule is CCc1onc(-c2cnc(Oc3ccc(OC(C)C)cc3)s2)c1C(C)N1C(=O)c2ccccc2C1=O. The number of benzene rings is 2. The van der Waals surface area contributed by atoms with E-state index in [1.807, 2.05) is 52.0 Å². The van der Waals surface area contributed by atoms with Crippen LogP contribution in [0.25, 0.3) is 10.6 Å². The molecular formula is C27H25N3O5S. The molecule has 0 radical (unpaired) electrons. The highest BCUT2D eigenvalue weighted by Gasteiger charge is 2.41. The number of aryl methyl sites for hydroxylation is 1. The van der Waals surface area contributed by atoms with Crippen LogP contribution in [0.15, 0.2) is 59.3 Å². The van der Waals surface area contributed by atoms with Crippen LogP contribution in [0, 0.1) is 0 Å². The molecule has 0 aliphatic carbocycles. The maximum atomic E-state index is 13.1. The molecule has 3 heterocycles. The Morgan fingerprint density at radius 1 is 0.972 bits per heavy atom. The van der Waals surface area contributed by atoms with Gasteiger partial charge in [0.1, 0.15) is 23.0 Å². The van der Waals surface area contributed by atoms with Crippen LogP contribution in [0.3, 0.4) is 0 Å². The number of thiazole rings is 1. The second kappa shape index (κ2) is 9.58. The standard InChI is InChI=1S/C27H25N3O5S/c1-5-21-23(16(4)30-25(31)19-8-6-7-9-20(19)26(30)32)24(29-35-21)22-14-28-27(36-22)34-18-12-10-17(11-13-18)33-15(2)3/h6-16H,5H2,1-4H3. The lowest BCUT2D eigenvalue weighted by Gasteiger charge is -2.22. The predicted octanol–water partition coefficient (Wildman–Crippen LogP) is 6.30. The molecular weight excluding hydrogens is 478 g/mol. The van der Waals surface area contributed by atoms with Crippen molar-refractivity contribution in [2.75, 3.05) is 0 Å². The Hall–Kier alpha value is -3.98. The molecule has 4 aromatic rings. The summed E-state index contributed by atoms with van der Waals surface area (Å²) in [6.07, 6.45) is 2.31. The molecule has 0 bridgehead atoms. The average molecular weight is 504 g/mol. The van der Waals surface area contributed by atoms with E-state index in [1.54, 1.807) is 30.5 Å². The number of aromatic nitrogens is 2. The summed E-state index contributed by atoms with van der Waals surface area (Å²) in [5, 5.41) is 4.72. The van der Waals surface area contributed by atoms with Gasteiger partial charge in [0.25, 0.3) is 17.0 Å². The zero-order chi connectivity index (χ0) is 25.4. The molecule has 9 heteroatoms. The number of imide groups is 1. The van der Waals surface area contributed by atoms with E-state index in [0.717, 1.165) is 5.75 Å². The van der Waals surface area contributed by atoms with Crippen LogP contribution in [0.4, 0.5) is 0 Å². The maximum absolute atomic E-state index is 13.1. The first-order chi connectivity index (χ1) is 17.4. The number of ether oxygens (including phenoxy) is 2. The van der Waals surface area contributed by atoms with Gasteiger partial charge in [-0.1, -0.05) is 35.5 Å². The van der Waals surface area contributed by atoms with E-state index in [9.17, 15) is 9.59 Å².